The third-order valence-corrected chi connectivity index (χ3v) is 1.26. The van der Waals surface area contributed by atoms with Crippen LogP contribution in [0.3, 0.4) is 0 Å². The molecule has 1 heterocycles. The van der Waals surface area contributed by atoms with E-state index in [1.165, 1.54) is 0 Å². The van der Waals surface area contributed by atoms with Crippen LogP contribution in [0.5, 0.6) is 0 Å². The Bertz CT molecular complexity index is 150. The highest BCUT2D eigenvalue weighted by atomic mass is 32.1. The van der Waals surface area contributed by atoms with Gasteiger partial charge in [-0.25, -0.2) is 0 Å². The second kappa shape index (κ2) is 5.24. The molecular weight excluding hydrogens is 138 g/mol. The fraction of sp³-hybridized carbons (Fsp3) is 0.200. The van der Waals surface area contributed by atoms with E-state index in [1.807, 2.05) is 17.8 Å². The first kappa shape index (κ1) is 8.10. The van der Waals surface area contributed by atoms with Crippen molar-refractivity contribution in [1.82, 2.24) is 4.98 Å². The number of thiazole rings is 1. The van der Waals surface area contributed by atoms with E-state index in [2.05, 4.69) is 4.98 Å². The number of hydrogen-bond acceptors (Lipinski definition) is 3. The molecule has 0 unspecified atom stereocenters. The summed E-state index contributed by atoms with van der Waals surface area (Å²) in [5.74, 6) is 0. The van der Waals surface area contributed by atoms with Gasteiger partial charge in [-0.1, -0.05) is 0 Å². The van der Waals surface area contributed by atoms with Crippen LogP contribution < -0.4 is 0 Å². The Hall–Kier alpha value is -0.900. The summed E-state index contributed by atoms with van der Waals surface area (Å²) >= 11 is 1.63. The molecule has 0 aliphatic carbocycles. The number of aryl methyl sites for hydroxylation is 1. The monoisotopic (exact) mass is 145 g/mol. The average molecular weight is 145 g/mol. The highest BCUT2D eigenvalue weighted by Crippen LogP contribution is 1.95. The molecule has 1 aromatic heterocycles. The van der Waals surface area contributed by atoms with Gasteiger partial charge in [0.2, 0.25) is 0 Å². The molecule has 0 amide bonds. The molecule has 0 atom stereocenters. The fourth-order valence-corrected chi connectivity index (χ4v) is 0.819. The molecule has 3 nitrogen and oxygen atoms in total. The fourth-order valence-electron chi connectivity index (χ4n) is 0.273. The third-order valence-electron chi connectivity index (χ3n) is 0.556. The summed E-state index contributed by atoms with van der Waals surface area (Å²) in [6.45, 7) is 1.73. The molecule has 0 spiro atoms. The van der Waals surface area contributed by atoms with Gasteiger partial charge in [0.05, 0.1) is 5.51 Å². The summed E-state index contributed by atoms with van der Waals surface area (Å²) in [6, 6.07) is 0. The predicted molar refractivity (Wildman–Crippen MR) is 35.5 cm³/mol. The average Bonchev–Trinajstić information content (AvgIpc) is 2.20. The van der Waals surface area contributed by atoms with Gasteiger partial charge in [-0.2, -0.15) is 0 Å². The van der Waals surface area contributed by atoms with E-state index in [-0.39, 0.29) is 6.47 Å². The zero-order chi connectivity index (χ0) is 7.11. The number of aromatic nitrogens is 1. The zero-order valence-corrected chi connectivity index (χ0v) is 5.76. The normalized spacial score (nSPS) is 7.22. The lowest BCUT2D eigenvalue weighted by Gasteiger charge is -1.64. The molecule has 9 heavy (non-hydrogen) atoms. The lowest BCUT2D eigenvalue weighted by molar-refractivity contribution is -0.122. The van der Waals surface area contributed by atoms with Crippen molar-refractivity contribution in [1.29, 1.82) is 0 Å². The van der Waals surface area contributed by atoms with E-state index < -0.39 is 0 Å². The highest BCUT2D eigenvalue weighted by molar-refractivity contribution is 7.07. The molecule has 0 aliphatic rings. The van der Waals surface area contributed by atoms with E-state index in [1.54, 1.807) is 11.3 Å². The number of carbonyl (C=O) groups is 1. The Morgan fingerprint density at radius 3 is 2.56 bits per heavy atom. The molecule has 0 saturated carbocycles. The van der Waals surface area contributed by atoms with Gasteiger partial charge >= 0.3 is 0 Å². The van der Waals surface area contributed by atoms with Crippen molar-refractivity contribution in [3.63, 3.8) is 0 Å². The van der Waals surface area contributed by atoms with Gasteiger partial charge in [-0.05, 0) is 6.92 Å². The number of carboxylic acid groups (broad SMARTS) is 1. The van der Waals surface area contributed by atoms with Crippen LogP contribution in [-0.4, -0.2) is 16.6 Å². The van der Waals surface area contributed by atoms with Gasteiger partial charge in [0.15, 0.2) is 0 Å². The first-order chi connectivity index (χ1) is 4.31. The van der Waals surface area contributed by atoms with Gasteiger partial charge in [0.1, 0.15) is 0 Å². The molecule has 0 fully saturated rings. The van der Waals surface area contributed by atoms with Crippen LogP contribution in [0.2, 0.25) is 0 Å². The minimum atomic E-state index is -0.250. The highest BCUT2D eigenvalue weighted by Gasteiger charge is 1.76. The summed E-state index contributed by atoms with van der Waals surface area (Å²) in [5, 5.41) is 8.90. The summed E-state index contributed by atoms with van der Waals surface area (Å²) in [4.78, 5) is 12.3. The Balaban J connectivity index is 0.000000187. The van der Waals surface area contributed by atoms with E-state index >= 15 is 0 Å². The maximum Gasteiger partial charge on any atom is 0.290 e. The molecule has 0 saturated heterocycles. The summed E-state index contributed by atoms with van der Waals surface area (Å²) in [6.07, 6.45) is 0. The van der Waals surface area contributed by atoms with Crippen molar-refractivity contribution >= 4 is 17.8 Å². The maximum atomic E-state index is 8.36. The number of nitrogens with zero attached hydrogens (tertiary/aromatic N) is 1. The van der Waals surface area contributed by atoms with Gasteiger partial charge in [-0.3, -0.25) is 9.78 Å². The van der Waals surface area contributed by atoms with Crippen molar-refractivity contribution in [3.05, 3.63) is 16.6 Å². The SMILES string of the molecule is Cc1cscn1.O=CO. The lowest BCUT2D eigenvalue weighted by atomic mass is 10.6. The van der Waals surface area contributed by atoms with Crippen LogP contribution >= 0.6 is 11.3 Å². The minimum Gasteiger partial charge on any atom is -0.483 e. The molecule has 1 rings (SSSR count). The first-order valence-corrected chi connectivity index (χ1v) is 3.18. The molecule has 4 heteroatoms. The maximum absolute atomic E-state index is 8.36. The molecule has 0 aliphatic heterocycles. The van der Waals surface area contributed by atoms with Crippen molar-refractivity contribution in [2.75, 3.05) is 0 Å². The number of hydrogen-bond donors (Lipinski definition) is 1. The molecular formula is C5H7NO2S. The Kier molecular flexibility index (Phi) is 4.72. The van der Waals surface area contributed by atoms with Crippen LogP contribution in [0, 0.1) is 6.92 Å². The largest absolute Gasteiger partial charge is 0.483 e. The van der Waals surface area contributed by atoms with Crippen molar-refractivity contribution in [2.45, 2.75) is 6.92 Å². The molecule has 1 aromatic rings. The standard InChI is InChI=1S/C4H5NS.CH2O2/c1-4-2-6-3-5-4;2-1-3/h2-3H,1H3;1H,(H,2,3). The third kappa shape index (κ3) is 4.96. The van der Waals surface area contributed by atoms with E-state index in [0.29, 0.717) is 0 Å². The summed E-state index contributed by atoms with van der Waals surface area (Å²) in [5.41, 5.74) is 2.94. The van der Waals surface area contributed by atoms with Crippen LogP contribution in [0.4, 0.5) is 0 Å². The molecule has 1 N–H and O–H groups in total. The van der Waals surface area contributed by atoms with E-state index in [4.69, 9.17) is 9.90 Å². The van der Waals surface area contributed by atoms with Crippen molar-refractivity contribution < 1.29 is 9.90 Å². The topological polar surface area (TPSA) is 50.2 Å². The second-order valence-electron chi connectivity index (χ2n) is 1.24. The predicted octanol–water partition coefficient (Wildman–Crippen LogP) is 1.15. The quantitative estimate of drug-likeness (QED) is 0.557. The van der Waals surface area contributed by atoms with Crippen LogP contribution in [0.25, 0.3) is 0 Å². The lowest BCUT2D eigenvalue weighted by Crippen LogP contribution is -1.59. The number of rotatable bonds is 0. The summed E-state index contributed by atoms with van der Waals surface area (Å²) in [7, 11) is 0. The molecule has 0 radical (unpaired) electrons. The van der Waals surface area contributed by atoms with E-state index in [9.17, 15) is 0 Å². The minimum absolute atomic E-state index is 0.250. The zero-order valence-electron chi connectivity index (χ0n) is 4.94. The second-order valence-corrected chi connectivity index (χ2v) is 1.95. The van der Waals surface area contributed by atoms with Crippen molar-refractivity contribution in [3.8, 4) is 0 Å². The Morgan fingerprint density at radius 1 is 1.89 bits per heavy atom. The van der Waals surface area contributed by atoms with Crippen LogP contribution in [-0.2, 0) is 4.79 Å². The summed E-state index contributed by atoms with van der Waals surface area (Å²) < 4.78 is 0. The van der Waals surface area contributed by atoms with Crippen LogP contribution in [0.15, 0.2) is 10.9 Å². The Labute approximate surface area is 57.0 Å². The molecule has 50 valence electrons. The molecule has 0 aromatic carbocycles. The van der Waals surface area contributed by atoms with Crippen LogP contribution in [0.1, 0.15) is 5.69 Å². The Morgan fingerprint density at radius 2 is 2.44 bits per heavy atom. The van der Waals surface area contributed by atoms with Gasteiger partial charge in [-0.15, -0.1) is 11.3 Å². The first-order valence-electron chi connectivity index (χ1n) is 2.24. The van der Waals surface area contributed by atoms with Gasteiger partial charge < -0.3 is 5.11 Å². The molecule has 0 bridgehead atoms. The van der Waals surface area contributed by atoms with Crippen molar-refractivity contribution in [2.24, 2.45) is 0 Å². The van der Waals surface area contributed by atoms with Gasteiger partial charge in [0, 0.05) is 11.1 Å². The van der Waals surface area contributed by atoms with E-state index in [0.717, 1.165) is 5.69 Å². The smallest absolute Gasteiger partial charge is 0.290 e. The van der Waals surface area contributed by atoms with Gasteiger partial charge in [0.25, 0.3) is 6.47 Å².